The molecule has 2 amide bonds. The zero-order chi connectivity index (χ0) is 16.4. The third-order valence-electron chi connectivity index (χ3n) is 4.05. The van der Waals surface area contributed by atoms with Gasteiger partial charge in [0.25, 0.3) is 0 Å². The molecule has 1 aliphatic heterocycles. The van der Waals surface area contributed by atoms with Crippen LogP contribution in [-0.2, 0) is 0 Å². The van der Waals surface area contributed by atoms with Crippen LogP contribution in [0.25, 0.3) is 5.69 Å². The van der Waals surface area contributed by atoms with Gasteiger partial charge in [-0.2, -0.15) is 0 Å². The van der Waals surface area contributed by atoms with Crippen LogP contribution < -0.4 is 5.32 Å². The summed E-state index contributed by atoms with van der Waals surface area (Å²) in [6, 6.07) is 8.87. The zero-order valence-corrected chi connectivity index (χ0v) is 13.6. The Labute approximate surface area is 139 Å². The highest BCUT2D eigenvalue weighted by Crippen LogP contribution is 2.23. The van der Waals surface area contributed by atoms with Gasteiger partial charge in [0.15, 0.2) is 5.82 Å². The minimum absolute atomic E-state index is 0.0134. The third-order valence-corrected chi connectivity index (χ3v) is 4.37. The quantitative estimate of drug-likeness (QED) is 0.906. The Morgan fingerprint density at radius 3 is 3.00 bits per heavy atom. The summed E-state index contributed by atoms with van der Waals surface area (Å²) in [6.07, 6.45) is 1.74. The number of benzene rings is 1. The highest BCUT2D eigenvalue weighted by atomic mass is 35.5. The van der Waals surface area contributed by atoms with Crippen molar-refractivity contribution >= 4 is 23.4 Å². The normalized spacial score (nSPS) is 17.5. The third kappa shape index (κ3) is 3.18. The second-order valence-electron chi connectivity index (χ2n) is 5.64. The van der Waals surface area contributed by atoms with Crippen molar-refractivity contribution in [3.05, 3.63) is 41.0 Å². The monoisotopic (exact) mass is 334 g/mol. The van der Waals surface area contributed by atoms with E-state index in [-0.39, 0.29) is 18.7 Å². The maximum Gasteiger partial charge on any atom is 0.323 e. The van der Waals surface area contributed by atoms with E-state index in [0.717, 1.165) is 24.2 Å². The molecule has 1 atom stereocenters. The molecule has 2 heterocycles. The SMILES string of the molecule is Cc1cc(NC(=O)N2CCCC2CO)nn1-c1ccccc1Cl. The number of likely N-dealkylation sites (tertiary alicyclic amines) is 1. The van der Waals surface area contributed by atoms with Crippen LogP contribution in [0.2, 0.25) is 5.02 Å². The number of aromatic nitrogens is 2. The van der Waals surface area contributed by atoms with Gasteiger partial charge in [-0.1, -0.05) is 23.7 Å². The number of aliphatic hydroxyl groups is 1. The Balaban J connectivity index is 1.79. The van der Waals surface area contributed by atoms with Gasteiger partial charge in [0.05, 0.1) is 23.4 Å². The van der Waals surface area contributed by atoms with E-state index in [1.165, 1.54) is 0 Å². The van der Waals surface area contributed by atoms with Gasteiger partial charge in [0, 0.05) is 18.3 Å². The van der Waals surface area contributed by atoms with Crippen LogP contribution in [0.15, 0.2) is 30.3 Å². The van der Waals surface area contributed by atoms with Crippen molar-refractivity contribution in [3.8, 4) is 5.69 Å². The molecule has 1 aliphatic rings. The Morgan fingerprint density at radius 2 is 2.26 bits per heavy atom. The largest absolute Gasteiger partial charge is 0.394 e. The van der Waals surface area contributed by atoms with Gasteiger partial charge in [-0.3, -0.25) is 5.32 Å². The van der Waals surface area contributed by atoms with Crippen LogP contribution in [0, 0.1) is 6.92 Å². The zero-order valence-electron chi connectivity index (χ0n) is 12.9. The van der Waals surface area contributed by atoms with E-state index in [1.807, 2.05) is 25.1 Å². The maximum absolute atomic E-state index is 12.3. The van der Waals surface area contributed by atoms with Gasteiger partial charge in [-0.25, -0.2) is 9.48 Å². The number of carbonyl (C=O) groups excluding carboxylic acids is 1. The molecule has 0 aliphatic carbocycles. The summed E-state index contributed by atoms with van der Waals surface area (Å²) in [5.41, 5.74) is 1.63. The average molecular weight is 335 g/mol. The van der Waals surface area contributed by atoms with Crippen molar-refractivity contribution in [2.75, 3.05) is 18.5 Å². The van der Waals surface area contributed by atoms with Gasteiger partial charge in [0.2, 0.25) is 0 Å². The topological polar surface area (TPSA) is 70.4 Å². The highest BCUT2D eigenvalue weighted by Gasteiger charge is 2.28. The second-order valence-corrected chi connectivity index (χ2v) is 6.04. The predicted molar refractivity (Wildman–Crippen MR) is 89.1 cm³/mol. The van der Waals surface area contributed by atoms with Crippen molar-refractivity contribution < 1.29 is 9.90 Å². The fraction of sp³-hybridized carbons (Fsp3) is 0.375. The van der Waals surface area contributed by atoms with Gasteiger partial charge in [-0.15, -0.1) is 5.10 Å². The van der Waals surface area contributed by atoms with Gasteiger partial charge >= 0.3 is 6.03 Å². The maximum atomic E-state index is 12.3. The van der Waals surface area contributed by atoms with Crippen LogP contribution in [0.4, 0.5) is 10.6 Å². The number of halogens is 1. The lowest BCUT2D eigenvalue weighted by molar-refractivity contribution is 0.166. The van der Waals surface area contributed by atoms with E-state index in [1.54, 1.807) is 21.7 Å². The summed E-state index contributed by atoms with van der Waals surface area (Å²) in [5.74, 6) is 0.469. The number of aryl methyl sites for hydroxylation is 1. The molecule has 3 rings (SSSR count). The number of urea groups is 1. The molecule has 7 heteroatoms. The summed E-state index contributed by atoms with van der Waals surface area (Å²) in [6.45, 7) is 2.54. The first-order chi connectivity index (χ1) is 11.1. The molecule has 6 nitrogen and oxygen atoms in total. The molecule has 0 spiro atoms. The van der Waals surface area contributed by atoms with Crippen LogP contribution >= 0.6 is 11.6 Å². The number of nitrogens with zero attached hydrogens (tertiary/aromatic N) is 3. The molecule has 23 heavy (non-hydrogen) atoms. The lowest BCUT2D eigenvalue weighted by Crippen LogP contribution is -2.40. The van der Waals surface area contributed by atoms with Crippen LogP contribution in [0.5, 0.6) is 0 Å². The molecule has 122 valence electrons. The number of carbonyl (C=O) groups is 1. The standard InChI is InChI=1S/C16H19ClN4O2/c1-11-9-15(18-16(23)20-8-4-5-12(20)10-22)19-21(11)14-7-3-2-6-13(14)17/h2-3,6-7,9,12,22H,4-5,8,10H2,1H3,(H,18,19,23). The van der Waals surface area contributed by atoms with E-state index in [0.29, 0.717) is 17.4 Å². The molecule has 0 bridgehead atoms. The molecule has 1 saturated heterocycles. The van der Waals surface area contributed by atoms with E-state index in [4.69, 9.17) is 11.6 Å². The molecule has 0 saturated carbocycles. The number of anilines is 1. The lowest BCUT2D eigenvalue weighted by Gasteiger charge is -2.22. The first-order valence-corrected chi connectivity index (χ1v) is 7.98. The van der Waals surface area contributed by atoms with Crippen molar-refractivity contribution in [1.82, 2.24) is 14.7 Å². The number of aliphatic hydroxyl groups excluding tert-OH is 1. The average Bonchev–Trinajstić information content (AvgIpc) is 3.14. The molecule has 2 aromatic rings. The minimum Gasteiger partial charge on any atom is -0.394 e. The summed E-state index contributed by atoms with van der Waals surface area (Å²) < 4.78 is 1.70. The Kier molecular flexibility index (Phi) is 4.54. The van der Waals surface area contributed by atoms with Crippen molar-refractivity contribution in [1.29, 1.82) is 0 Å². The first kappa shape index (κ1) is 15.8. The highest BCUT2D eigenvalue weighted by molar-refractivity contribution is 6.32. The molecule has 1 aromatic carbocycles. The Hall–Kier alpha value is -2.05. The Bertz CT molecular complexity index is 716. The van der Waals surface area contributed by atoms with Gasteiger partial charge in [-0.05, 0) is 31.9 Å². The fourth-order valence-electron chi connectivity index (χ4n) is 2.88. The molecular weight excluding hydrogens is 316 g/mol. The minimum atomic E-state index is -0.231. The van der Waals surface area contributed by atoms with Crippen molar-refractivity contribution in [3.63, 3.8) is 0 Å². The van der Waals surface area contributed by atoms with Crippen molar-refractivity contribution in [2.24, 2.45) is 0 Å². The van der Waals surface area contributed by atoms with E-state index >= 15 is 0 Å². The van der Waals surface area contributed by atoms with E-state index in [2.05, 4.69) is 10.4 Å². The van der Waals surface area contributed by atoms with Crippen molar-refractivity contribution in [2.45, 2.75) is 25.8 Å². The van der Waals surface area contributed by atoms with Gasteiger partial charge in [0.1, 0.15) is 0 Å². The first-order valence-electron chi connectivity index (χ1n) is 7.60. The Morgan fingerprint density at radius 1 is 1.48 bits per heavy atom. The molecule has 1 fully saturated rings. The summed E-state index contributed by atoms with van der Waals surface area (Å²) >= 11 is 6.20. The van der Waals surface area contributed by atoms with E-state index in [9.17, 15) is 9.90 Å². The smallest absolute Gasteiger partial charge is 0.323 e. The lowest BCUT2D eigenvalue weighted by atomic mass is 10.2. The van der Waals surface area contributed by atoms with Crippen LogP contribution in [-0.4, -0.2) is 45.0 Å². The summed E-state index contributed by atoms with van der Waals surface area (Å²) in [4.78, 5) is 14.0. The number of para-hydroxylation sites is 1. The number of nitrogens with one attached hydrogen (secondary N) is 1. The second kappa shape index (κ2) is 6.60. The molecular formula is C16H19ClN4O2. The summed E-state index contributed by atoms with van der Waals surface area (Å²) in [7, 11) is 0. The predicted octanol–water partition coefficient (Wildman–Crippen LogP) is 2.82. The molecule has 0 radical (unpaired) electrons. The number of hydrogen-bond acceptors (Lipinski definition) is 3. The number of hydrogen-bond donors (Lipinski definition) is 2. The molecule has 1 unspecified atom stereocenters. The van der Waals surface area contributed by atoms with Crippen LogP contribution in [0.1, 0.15) is 18.5 Å². The van der Waals surface area contributed by atoms with E-state index < -0.39 is 0 Å². The van der Waals surface area contributed by atoms with Crippen LogP contribution in [0.3, 0.4) is 0 Å². The summed E-state index contributed by atoms with van der Waals surface area (Å²) in [5, 5.41) is 17.1. The number of rotatable bonds is 3. The number of amides is 2. The molecule has 2 N–H and O–H groups in total. The van der Waals surface area contributed by atoms with Gasteiger partial charge < -0.3 is 10.0 Å². The molecule has 1 aromatic heterocycles. The fourth-order valence-corrected chi connectivity index (χ4v) is 3.09.